The molecule has 96 valence electrons. The van der Waals surface area contributed by atoms with Gasteiger partial charge in [-0.3, -0.25) is 10.4 Å². The summed E-state index contributed by atoms with van der Waals surface area (Å²) in [5.41, 5.74) is 2.38. The first kappa shape index (κ1) is 13.5. The maximum Gasteiger partial charge on any atom is 0.183 e. The van der Waals surface area contributed by atoms with Crippen LogP contribution in [0.1, 0.15) is 0 Å². The minimum absolute atomic E-state index is 0.505. The number of nitrogens with one attached hydrogen (secondary N) is 2. The molecule has 0 saturated heterocycles. The van der Waals surface area contributed by atoms with Gasteiger partial charge in [0.1, 0.15) is 0 Å². The summed E-state index contributed by atoms with van der Waals surface area (Å²) >= 11 is 7.34. The van der Waals surface area contributed by atoms with Gasteiger partial charge in [0.25, 0.3) is 0 Å². The molecule has 5 nitrogen and oxygen atoms in total. The minimum atomic E-state index is 0.505. The second-order valence-corrected chi connectivity index (χ2v) is 4.72. The second-order valence-electron chi connectivity index (χ2n) is 3.49. The molecule has 1 heterocycles. The van der Waals surface area contributed by atoms with Crippen molar-refractivity contribution >= 4 is 34.2 Å². The van der Waals surface area contributed by atoms with E-state index in [0.29, 0.717) is 15.9 Å². The van der Waals surface area contributed by atoms with Gasteiger partial charge < -0.3 is 0 Å². The Morgan fingerprint density at radius 2 is 2.37 bits per heavy atom. The summed E-state index contributed by atoms with van der Waals surface area (Å²) in [6, 6.07) is 7.23. The van der Waals surface area contributed by atoms with Crippen molar-refractivity contribution in [3.8, 4) is 17.5 Å². The average Bonchev–Trinajstić information content (AvgIpc) is 2.92. The van der Waals surface area contributed by atoms with Gasteiger partial charge in [0, 0.05) is 16.8 Å². The summed E-state index contributed by atoms with van der Waals surface area (Å²) in [5, 5.41) is 19.1. The number of nitrogens with zero attached hydrogens (tertiary/aromatic N) is 3. The van der Waals surface area contributed by atoms with Crippen LogP contribution in [0, 0.1) is 11.5 Å². The van der Waals surface area contributed by atoms with Crippen molar-refractivity contribution in [2.24, 2.45) is 4.99 Å². The number of aromatic amines is 1. The molecule has 0 radical (unpaired) electrons. The number of hydrogen-bond acceptors (Lipinski definition) is 4. The molecule has 0 atom stereocenters. The van der Waals surface area contributed by atoms with Gasteiger partial charge in [-0.05, 0) is 30.5 Å². The van der Waals surface area contributed by atoms with E-state index in [0.717, 1.165) is 11.3 Å². The lowest BCUT2D eigenvalue weighted by Crippen LogP contribution is -2.12. The number of nitriles is 1. The van der Waals surface area contributed by atoms with Crippen LogP contribution in [-0.4, -0.2) is 21.6 Å². The summed E-state index contributed by atoms with van der Waals surface area (Å²) in [4.78, 5) is 4.40. The Balaban J connectivity index is 2.50. The maximum absolute atomic E-state index is 8.66. The lowest BCUT2D eigenvalue weighted by molar-refractivity contribution is 1.09. The van der Waals surface area contributed by atoms with Crippen molar-refractivity contribution in [3.05, 3.63) is 35.5 Å². The van der Waals surface area contributed by atoms with Crippen LogP contribution in [0.15, 0.2) is 35.5 Å². The second kappa shape index (κ2) is 6.27. The van der Waals surface area contributed by atoms with Gasteiger partial charge in [-0.15, -0.1) is 0 Å². The Hall–Kier alpha value is -1.97. The summed E-state index contributed by atoms with van der Waals surface area (Å²) in [7, 11) is 0. The zero-order valence-corrected chi connectivity index (χ0v) is 11.6. The van der Waals surface area contributed by atoms with Crippen LogP contribution in [0.3, 0.4) is 0 Å². The summed E-state index contributed by atoms with van der Waals surface area (Å²) in [6.07, 6.45) is 5.36. The van der Waals surface area contributed by atoms with Gasteiger partial charge in [0.15, 0.2) is 11.4 Å². The van der Waals surface area contributed by atoms with Gasteiger partial charge in [-0.1, -0.05) is 23.4 Å². The number of H-pyrrole nitrogens is 1. The molecule has 1 aromatic heterocycles. The number of amidine groups is 1. The lowest BCUT2D eigenvalue weighted by Gasteiger charge is -2.06. The zero-order chi connectivity index (χ0) is 13.7. The van der Waals surface area contributed by atoms with E-state index in [4.69, 9.17) is 16.9 Å². The third-order valence-electron chi connectivity index (χ3n) is 2.33. The van der Waals surface area contributed by atoms with Crippen molar-refractivity contribution in [1.29, 1.82) is 5.26 Å². The van der Waals surface area contributed by atoms with Gasteiger partial charge in [-0.2, -0.15) is 10.4 Å². The highest BCUT2D eigenvalue weighted by atomic mass is 35.5. The molecule has 2 aromatic rings. The molecule has 2 rings (SSSR count). The minimum Gasteiger partial charge on any atom is -0.278 e. The number of benzene rings is 1. The van der Waals surface area contributed by atoms with Gasteiger partial charge >= 0.3 is 0 Å². The van der Waals surface area contributed by atoms with Crippen LogP contribution in [0.4, 0.5) is 5.69 Å². The van der Waals surface area contributed by atoms with Crippen LogP contribution in [0.25, 0.3) is 11.3 Å². The molecule has 0 aliphatic heterocycles. The standard InChI is InChI=1S/C12H10ClN5S/c1-19-12(15-7-14)17-11-6-8(13)2-3-9(11)10-4-5-16-18-10/h2-6H,1H3,(H,15,17)(H,16,18). The molecule has 0 bridgehead atoms. The quantitative estimate of drug-likeness (QED) is 0.386. The van der Waals surface area contributed by atoms with Crippen LogP contribution >= 0.6 is 23.4 Å². The van der Waals surface area contributed by atoms with Crippen molar-refractivity contribution in [2.45, 2.75) is 0 Å². The highest BCUT2D eigenvalue weighted by Crippen LogP contribution is 2.32. The molecule has 0 unspecified atom stereocenters. The van der Waals surface area contributed by atoms with Crippen molar-refractivity contribution in [2.75, 3.05) is 6.26 Å². The van der Waals surface area contributed by atoms with E-state index in [1.54, 1.807) is 18.3 Å². The fourth-order valence-electron chi connectivity index (χ4n) is 1.51. The van der Waals surface area contributed by atoms with E-state index in [2.05, 4.69) is 20.5 Å². The SMILES string of the molecule is CSC(=Nc1cc(Cl)ccc1-c1ccn[nH]1)NC#N. The number of halogens is 1. The number of aromatic nitrogens is 2. The van der Waals surface area contributed by atoms with Gasteiger partial charge in [0.2, 0.25) is 0 Å². The van der Waals surface area contributed by atoms with E-state index >= 15 is 0 Å². The average molecular weight is 292 g/mol. The lowest BCUT2D eigenvalue weighted by atomic mass is 10.1. The predicted octanol–water partition coefficient (Wildman–Crippen LogP) is 3.15. The van der Waals surface area contributed by atoms with Crippen molar-refractivity contribution < 1.29 is 0 Å². The van der Waals surface area contributed by atoms with Gasteiger partial charge in [0.05, 0.1) is 11.4 Å². The van der Waals surface area contributed by atoms with Crippen LogP contribution < -0.4 is 5.32 Å². The molecule has 1 aromatic carbocycles. The van der Waals surface area contributed by atoms with E-state index in [9.17, 15) is 0 Å². The fourth-order valence-corrected chi connectivity index (χ4v) is 2.02. The summed E-state index contributed by atoms with van der Waals surface area (Å²) < 4.78 is 0. The smallest absolute Gasteiger partial charge is 0.183 e. The van der Waals surface area contributed by atoms with Gasteiger partial charge in [-0.25, -0.2) is 4.99 Å². The van der Waals surface area contributed by atoms with Crippen LogP contribution in [0.2, 0.25) is 5.02 Å². The summed E-state index contributed by atoms with van der Waals surface area (Å²) in [5.74, 6) is 0. The van der Waals surface area contributed by atoms with E-state index in [-0.39, 0.29) is 0 Å². The Kier molecular flexibility index (Phi) is 4.44. The zero-order valence-electron chi connectivity index (χ0n) is 10.0. The van der Waals surface area contributed by atoms with Crippen LogP contribution in [-0.2, 0) is 0 Å². The molecule has 7 heteroatoms. The monoisotopic (exact) mass is 291 g/mol. The normalized spacial score (nSPS) is 11.1. The Bertz CT molecular complexity index is 630. The predicted molar refractivity (Wildman–Crippen MR) is 78.4 cm³/mol. The Labute approximate surface area is 119 Å². The highest BCUT2D eigenvalue weighted by Gasteiger charge is 2.08. The molecule has 0 fully saturated rings. The first-order valence-corrected chi connectivity index (χ1v) is 6.92. The summed E-state index contributed by atoms with van der Waals surface area (Å²) in [6.45, 7) is 0. The third-order valence-corrected chi connectivity index (χ3v) is 3.14. The maximum atomic E-state index is 8.66. The molecule has 0 aliphatic carbocycles. The van der Waals surface area contributed by atoms with E-state index < -0.39 is 0 Å². The largest absolute Gasteiger partial charge is 0.278 e. The molecule has 19 heavy (non-hydrogen) atoms. The molecular weight excluding hydrogens is 282 g/mol. The molecule has 2 N–H and O–H groups in total. The first-order valence-electron chi connectivity index (χ1n) is 5.31. The Morgan fingerprint density at radius 3 is 3.00 bits per heavy atom. The van der Waals surface area contributed by atoms with Crippen molar-refractivity contribution in [1.82, 2.24) is 15.5 Å². The molecular formula is C12H10ClN5S. The first-order chi connectivity index (χ1) is 9.24. The third kappa shape index (κ3) is 3.28. The number of thioether (sulfide) groups is 1. The highest BCUT2D eigenvalue weighted by molar-refractivity contribution is 8.13. The topological polar surface area (TPSA) is 76.9 Å². The van der Waals surface area contributed by atoms with Crippen molar-refractivity contribution in [3.63, 3.8) is 0 Å². The van der Waals surface area contributed by atoms with E-state index in [1.807, 2.05) is 24.6 Å². The molecule has 0 spiro atoms. The Morgan fingerprint density at radius 1 is 1.53 bits per heavy atom. The number of rotatable bonds is 2. The van der Waals surface area contributed by atoms with E-state index in [1.165, 1.54) is 11.8 Å². The molecule has 0 saturated carbocycles. The molecule has 0 aliphatic rings. The number of aliphatic imine (C=N–C) groups is 1. The molecule has 0 amide bonds. The number of hydrogen-bond donors (Lipinski definition) is 2. The fraction of sp³-hybridized carbons (Fsp3) is 0.0833. The van der Waals surface area contributed by atoms with Crippen LogP contribution in [0.5, 0.6) is 0 Å².